The zero-order valence-electron chi connectivity index (χ0n) is 32.5. The van der Waals surface area contributed by atoms with Gasteiger partial charge in [0.15, 0.2) is 0 Å². The molecular formula is C36H69ClI3N4O6V. The molecule has 0 bridgehead atoms. The van der Waals surface area contributed by atoms with Crippen molar-refractivity contribution in [2.75, 3.05) is 87.2 Å². The van der Waals surface area contributed by atoms with Crippen LogP contribution in [-0.4, -0.2) is 135 Å². The molecule has 0 unspecified atom stereocenters. The van der Waals surface area contributed by atoms with E-state index in [4.69, 9.17) is 21.4 Å². The van der Waals surface area contributed by atoms with Crippen molar-refractivity contribution in [1.82, 2.24) is 19.6 Å². The maximum atomic E-state index is 11.2. The number of carbonyl (C=O) groups excluding carboxylic acids is 3. The quantitative estimate of drug-likeness (QED) is 0.105. The summed E-state index contributed by atoms with van der Waals surface area (Å²) < 4.78 is 4.92. The van der Waals surface area contributed by atoms with E-state index < -0.39 is 5.97 Å². The Balaban J connectivity index is 0. The Morgan fingerprint density at radius 2 is 0.961 bits per heavy atom. The summed E-state index contributed by atoms with van der Waals surface area (Å²) >= 11 is 12.7. The zero-order chi connectivity index (χ0) is 39.2. The summed E-state index contributed by atoms with van der Waals surface area (Å²) in [6.07, 6.45) is 12.4. The molecule has 0 radical (unpaired) electrons. The summed E-state index contributed by atoms with van der Waals surface area (Å²) in [5.74, 6) is 1.50. The van der Waals surface area contributed by atoms with Crippen LogP contribution in [0.5, 0.6) is 0 Å². The number of carbonyl (C=O) groups is 4. The second-order valence-corrected chi connectivity index (χ2v) is 49.5. The molecule has 302 valence electrons. The molecule has 0 amide bonds. The first-order chi connectivity index (χ1) is 24.1. The van der Waals surface area contributed by atoms with Crippen LogP contribution in [0.3, 0.4) is 0 Å². The summed E-state index contributed by atoms with van der Waals surface area (Å²) in [5.41, 5.74) is 0. The van der Waals surface area contributed by atoms with Gasteiger partial charge >= 0.3 is 76.8 Å². The number of halogens is 4. The van der Waals surface area contributed by atoms with Gasteiger partial charge in [0.05, 0.1) is 6.61 Å². The Kier molecular flexibility index (Phi) is 37.9. The molecule has 4 rings (SSSR count). The van der Waals surface area contributed by atoms with E-state index in [1.165, 1.54) is 25.9 Å². The van der Waals surface area contributed by atoms with Crippen LogP contribution < -0.4 is 0 Å². The third-order valence-corrected chi connectivity index (χ3v) is 9.61. The molecule has 0 saturated carbocycles. The van der Waals surface area contributed by atoms with Gasteiger partial charge in [-0.1, -0.05) is 13.8 Å². The van der Waals surface area contributed by atoms with Crippen LogP contribution >= 0.6 is 71.5 Å². The summed E-state index contributed by atoms with van der Waals surface area (Å²) in [5, 5.41) is 8.34. The number of piperidine rings is 4. The van der Waals surface area contributed by atoms with E-state index in [-0.39, 0.29) is 16.1 Å². The van der Waals surface area contributed by atoms with Crippen LogP contribution in [0, 0.1) is 23.7 Å². The summed E-state index contributed by atoms with van der Waals surface area (Å²) in [7, 11) is 8.45. The molecule has 0 aromatic carbocycles. The van der Waals surface area contributed by atoms with Gasteiger partial charge in [-0.2, -0.15) is 0 Å². The van der Waals surface area contributed by atoms with Crippen LogP contribution in [0.1, 0.15) is 97.8 Å². The first-order valence-electron chi connectivity index (χ1n) is 18.7. The number of esters is 1. The summed E-state index contributed by atoms with van der Waals surface area (Å²) in [6.45, 7) is 15.2. The monoisotopic (exact) mass is 1120 g/mol. The van der Waals surface area contributed by atoms with Gasteiger partial charge < -0.3 is 34.2 Å². The number of carboxylic acids is 1. The van der Waals surface area contributed by atoms with E-state index in [1.807, 2.05) is 20.8 Å². The van der Waals surface area contributed by atoms with Gasteiger partial charge in [-0.05, 0) is 174 Å². The van der Waals surface area contributed by atoms with Gasteiger partial charge in [-0.3, -0.25) is 14.4 Å². The third kappa shape index (κ3) is 35.3. The van der Waals surface area contributed by atoms with Crippen molar-refractivity contribution in [2.24, 2.45) is 23.7 Å². The molecule has 0 aromatic heterocycles. The Hall–Kier alpha value is 1.18. The number of nitrogens with zero attached hydrogens (tertiary/aromatic N) is 4. The molecule has 0 aromatic rings. The van der Waals surface area contributed by atoms with Gasteiger partial charge in [0.2, 0.25) is 5.24 Å². The average molecular weight is 1120 g/mol. The number of aliphatic carboxylic acids is 1. The fraction of sp³-hybridized carbons (Fsp3) is 0.889. The third-order valence-electron chi connectivity index (χ3n) is 9.46. The maximum absolute atomic E-state index is 11.2. The molecule has 0 aliphatic carbocycles. The van der Waals surface area contributed by atoms with Crippen LogP contribution in [0.25, 0.3) is 0 Å². The minimum absolute atomic E-state index is 0.0305. The van der Waals surface area contributed by atoms with Crippen molar-refractivity contribution in [3.05, 3.63) is 0 Å². The van der Waals surface area contributed by atoms with Crippen molar-refractivity contribution in [2.45, 2.75) is 97.8 Å². The van der Waals surface area contributed by atoms with Crippen molar-refractivity contribution in [3.63, 3.8) is 0 Å². The molecule has 4 saturated heterocycles. The van der Waals surface area contributed by atoms with E-state index in [0.29, 0.717) is 49.5 Å². The molecule has 10 nitrogen and oxygen atoms in total. The number of aldehydes is 1. The molecule has 1 N–H and O–H groups in total. The minimum atomic E-state index is -0.653. The van der Waals surface area contributed by atoms with Gasteiger partial charge in [-0.25, -0.2) is 0 Å². The van der Waals surface area contributed by atoms with E-state index in [0.717, 1.165) is 90.5 Å². The van der Waals surface area contributed by atoms with Crippen molar-refractivity contribution < 1.29 is 33.9 Å². The number of likely N-dealkylation sites (tertiary alicyclic amines) is 4. The molecule has 51 heavy (non-hydrogen) atoms. The van der Waals surface area contributed by atoms with E-state index in [1.54, 1.807) is 0 Å². The van der Waals surface area contributed by atoms with Gasteiger partial charge in [0.25, 0.3) is 0 Å². The number of hydrogen-bond donors (Lipinski definition) is 1. The topological polar surface area (TPSA) is 111 Å². The van der Waals surface area contributed by atoms with Crippen LogP contribution in [0.2, 0.25) is 0 Å². The van der Waals surface area contributed by atoms with Gasteiger partial charge in [-0.15, -0.1) is 0 Å². The van der Waals surface area contributed by atoms with E-state index >= 15 is 0 Å². The van der Waals surface area contributed by atoms with Crippen LogP contribution in [-0.2, 0) is 28.8 Å². The molecular weight excluding hydrogens is 1050 g/mol. The van der Waals surface area contributed by atoms with Crippen molar-refractivity contribution in [3.8, 4) is 0 Å². The second kappa shape index (κ2) is 35.6. The first kappa shape index (κ1) is 54.3. The molecule has 0 atom stereocenters. The summed E-state index contributed by atoms with van der Waals surface area (Å²) in [4.78, 5) is 51.1. The predicted molar refractivity (Wildman–Crippen MR) is 234 cm³/mol. The fourth-order valence-electron chi connectivity index (χ4n) is 6.16. The molecule has 15 heteroatoms. The van der Waals surface area contributed by atoms with Crippen molar-refractivity contribution in [1.29, 1.82) is 0 Å². The molecule has 4 fully saturated rings. The number of hydrogen-bond acceptors (Lipinski definition) is 9. The van der Waals surface area contributed by atoms with Gasteiger partial charge in [0.1, 0.15) is 6.29 Å². The molecule has 4 heterocycles. The average Bonchev–Trinajstić information content (AvgIpc) is 3.07. The van der Waals surface area contributed by atoms with Crippen molar-refractivity contribution >= 4 is 95.0 Å². The Bertz CT molecular complexity index is 848. The molecule has 4 aliphatic heterocycles. The van der Waals surface area contributed by atoms with E-state index in [2.05, 4.69) is 108 Å². The predicted octanol–water partition coefficient (Wildman–Crippen LogP) is 8.17. The van der Waals surface area contributed by atoms with E-state index in [9.17, 15) is 19.2 Å². The standard InChI is InChI=1S/C10H19NO2.C8H14ClNO.C8H15NO2.C8H15NO.C2H6.3HI.V/c1-3-13-10(12)8-9-4-6-11(2)7-5-9;1-10-4-2-7(3-5-10)6-8(9)11;1-9-4-2-7(3-5-9)6-8(10)11;1-9-5-2-8(3-6-9)4-7-10;1-2;;;;/h9H,3-8H2,1-2H3;7H,2-6H2,1H3;7H,2-6H2,1H3,(H,10,11);7-8H,2-6H2,1H3;1-2H3;3*1H;/q;;;;;;;;+3/p-3. The molecule has 4 aliphatic rings. The number of ether oxygens (including phenoxy) is 1. The number of rotatable bonds is 9. The fourth-order valence-corrected chi connectivity index (χ4v) is 6.38. The Labute approximate surface area is 353 Å². The summed E-state index contributed by atoms with van der Waals surface area (Å²) in [6, 6.07) is 0. The van der Waals surface area contributed by atoms with Crippen LogP contribution in [0.15, 0.2) is 0 Å². The van der Waals surface area contributed by atoms with Crippen LogP contribution in [0.4, 0.5) is 0 Å². The zero-order valence-corrected chi connectivity index (χ0v) is 41.1. The Morgan fingerprint density at radius 1 is 0.667 bits per heavy atom. The molecule has 0 spiro atoms. The second-order valence-electron chi connectivity index (χ2n) is 13.7. The normalized spacial score (nSPS) is 19.9. The number of carboxylic acid groups (broad SMARTS) is 1. The first-order valence-corrected chi connectivity index (χ1v) is 32.6. The SMILES string of the molecule is CC.CCOC(=O)CC1CCN(C)CC1.CN1CCC(CC(=O)Cl)CC1.CN1CCC(CC(=O)O)CC1.CN1CCC(CC=O)CC1.[I][V]([I])[I]. The van der Waals surface area contributed by atoms with Gasteiger partial charge in [0, 0.05) is 25.7 Å². The Morgan fingerprint density at radius 3 is 1.24 bits per heavy atom.